The van der Waals surface area contributed by atoms with Crippen molar-refractivity contribution in [3.05, 3.63) is 35.4 Å². The van der Waals surface area contributed by atoms with Gasteiger partial charge in [-0.1, -0.05) is 19.9 Å². The molecule has 0 fully saturated rings. The molecular weight excluding hydrogens is 244 g/mol. The van der Waals surface area contributed by atoms with Crippen LogP contribution in [0.25, 0.3) is 0 Å². The molecular formula is C14H16N2O3. The van der Waals surface area contributed by atoms with E-state index in [0.717, 1.165) is 0 Å². The van der Waals surface area contributed by atoms with Gasteiger partial charge in [0.15, 0.2) is 0 Å². The maximum absolute atomic E-state index is 12.0. The number of ether oxygens (including phenoxy) is 1. The lowest BCUT2D eigenvalue weighted by molar-refractivity contribution is -0.144. The Labute approximate surface area is 112 Å². The predicted octanol–water partition coefficient (Wildman–Crippen LogP) is 1.49. The number of rotatable bonds is 4. The van der Waals surface area contributed by atoms with E-state index in [2.05, 4.69) is 10.1 Å². The van der Waals surface area contributed by atoms with E-state index in [9.17, 15) is 9.59 Å². The zero-order valence-electron chi connectivity index (χ0n) is 11.1. The SMILES string of the molecule is COC(=O)C(NC(=O)c1cccc(C#N)c1)C(C)C. The molecule has 1 aromatic carbocycles. The van der Waals surface area contributed by atoms with Crippen molar-refractivity contribution in [3.63, 3.8) is 0 Å². The van der Waals surface area contributed by atoms with E-state index in [4.69, 9.17) is 5.26 Å². The molecule has 5 heteroatoms. The Balaban J connectivity index is 2.88. The van der Waals surface area contributed by atoms with Gasteiger partial charge in [-0.05, 0) is 24.1 Å². The Morgan fingerprint density at radius 1 is 1.37 bits per heavy atom. The molecule has 0 radical (unpaired) electrons. The lowest BCUT2D eigenvalue weighted by Gasteiger charge is -2.19. The van der Waals surface area contributed by atoms with Crippen molar-refractivity contribution in [2.24, 2.45) is 5.92 Å². The number of amides is 1. The maximum atomic E-state index is 12.0. The molecule has 0 saturated heterocycles. The van der Waals surface area contributed by atoms with Gasteiger partial charge in [0, 0.05) is 5.56 Å². The Bertz CT molecular complexity index is 518. The van der Waals surface area contributed by atoms with E-state index >= 15 is 0 Å². The van der Waals surface area contributed by atoms with E-state index in [0.29, 0.717) is 11.1 Å². The molecule has 0 heterocycles. The molecule has 0 aliphatic carbocycles. The summed E-state index contributed by atoms with van der Waals surface area (Å²) in [6, 6.07) is 7.55. The first-order valence-corrected chi connectivity index (χ1v) is 5.88. The highest BCUT2D eigenvalue weighted by Crippen LogP contribution is 2.08. The van der Waals surface area contributed by atoms with Crippen molar-refractivity contribution in [2.45, 2.75) is 19.9 Å². The molecule has 1 unspecified atom stereocenters. The summed E-state index contributed by atoms with van der Waals surface area (Å²) in [5.74, 6) is -0.975. The van der Waals surface area contributed by atoms with Gasteiger partial charge in [0.25, 0.3) is 5.91 Å². The summed E-state index contributed by atoms with van der Waals surface area (Å²) in [7, 11) is 1.28. The summed E-state index contributed by atoms with van der Waals surface area (Å²) in [5, 5.41) is 11.4. The van der Waals surface area contributed by atoms with Crippen LogP contribution in [0.3, 0.4) is 0 Å². The summed E-state index contributed by atoms with van der Waals surface area (Å²) < 4.78 is 4.65. The molecule has 0 saturated carbocycles. The summed E-state index contributed by atoms with van der Waals surface area (Å²) in [4.78, 5) is 23.6. The molecule has 1 atom stereocenters. The van der Waals surface area contributed by atoms with Gasteiger partial charge < -0.3 is 10.1 Å². The van der Waals surface area contributed by atoms with E-state index in [1.54, 1.807) is 18.2 Å². The van der Waals surface area contributed by atoms with Crippen LogP contribution >= 0.6 is 0 Å². The van der Waals surface area contributed by atoms with Gasteiger partial charge >= 0.3 is 5.97 Å². The van der Waals surface area contributed by atoms with E-state index in [1.807, 2.05) is 19.9 Å². The third kappa shape index (κ3) is 3.81. The highest BCUT2D eigenvalue weighted by Gasteiger charge is 2.25. The average molecular weight is 260 g/mol. The van der Waals surface area contributed by atoms with Gasteiger partial charge in [0.1, 0.15) is 6.04 Å². The van der Waals surface area contributed by atoms with E-state index < -0.39 is 17.9 Å². The maximum Gasteiger partial charge on any atom is 0.328 e. The van der Waals surface area contributed by atoms with Crippen LogP contribution in [0.5, 0.6) is 0 Å². The van der Waals surface area contributed by atoms with Crippen LogP contribution in [0, 0.1) is 17.2 Å². The number of carbonyl (C=O) groups is 2. The molecule has 0 spiro atoms. The standard InChI is InChI=1S/C14H16N2O3/c1-9(2)12(14(18)19-3)16-13(17)11-6-4-5-10(7-11)8-15/h4-7,9,12H,1-3H3,(H,16,17). The van der Waals surface area contributed by atoms with Crippen molar-refractivity contribution < 1.29 is 14.3 Å². The second kappa shape index (κ2) is 6.55. The number of nitriles is 1. The molecule has 5 nitrogen and oxygen atoms in total. The van der Waals surface area contributed by atoms with Crippen molar-refractivity contribution in [2.75, 3.05) is 7.11 Å². The minimum absolute atomic E-state index is 0.0875. The number of hydrogen-bond donors (Lipinski definition) is 1. The molecule has 1 rings (SSSR count). The Morgan fingerprint density at radius 2 is 2.05 bits per heavy atom. The van der Waals surface area contributed by atoms with Gasteiger partial charge in [0.05, 0.1) is 18.7 Å². The number of nitrogens with zero attached hydrogens (tertiary/aromatic N) is 1. The minimum Gasteiger partial charge on any atom is -0.467 e. The molecule has 0 aliphatic rings. The first-order valence-electron chi connectivity index (χ1n) is 5.88. The number of benzene rings is 1. The van der Waals surface area contributed by atoms with Crippen LogP contribution in [0.4, 0.5) is 0 Å². The van der Waals surface area contributed by atoms with Crippen LogP contribution in [0.2, 0.25) is 0 Å². The molecule has 0 aliphatic heterocycles. The second-order valence-electron chi connectivity index (χ2n) is 4.41. The van der Waals surface area contributed by atoms with Crippen molar-refractivity contribution in [3.8, 4) is 6.07 Å². The first-order chi connectivity index (χ1) is 8.99. The summed E-state index contributed by atoms with van der Waals surface area (Å²) >= 11 is 0. The molecule has 1 amide bonds. The molecule has 100 valence electrons. The fourth-order valence-electron chi connectivity index (χ4n) is 1.58. The predicted molar refractivity (Wildman–Crippen MR) is 69.3 cm³/mol. The highest BCUT2D eigenvalue weighted by atomic mass is 16.5. The number of carbonyl (C=O) groups excluding carboxylic acids is 2. The van der Waals surface area contributed by atoms with Gasteiger partial charge in [-0.3, -0.25) is 4.79 Å². The average Bonchev–Trinajstić information content (AvgIpc) is 2.43. The summed E-state index contributed by atoms with van der Waals surface area (Å²) in [5.41, 5.74) is 0.736. The molecule has 1 aromatic rings. The number of methoxy groups -OCH3 is 1. The fourth-order valence-corrected chi connectivity index (χ4v) is 1.58. The van der Waals surface area contributed by atoms with Crippen LogP contribution < -0.4 is 5.32 Å². The van der Waals surface area contributed by atoms with Gasteiger partial charge in [-0.25, -0.2) is 4.79 Å². The zero-order valence-corrected chi connectivity index (χ0v) is 11.1. The summed E-state index contributed by atoms with van der Waals surface area (Å²) in [6.07, 6.45) is 0. The van der Waals surface area contributed by atoms with Gasteiger partial charge in [-0.2, -0.15) is 5.26 Å². The normalized spacial score (nSPS) is 11.5. The lowest BCUT2D eigenvalue weighted by atomic mass is 10.0. The molecule has 1 N–H and O–H groups in total. The van der Waals surface area contributed by atoms with Crippen LogP contribution in [0.15, 0.2) is 24.3 Å². The molecule has 0 aromatic heterocycles. The van der Waals surface area contributed by atoms with E-state index in [1.165, 1.54) is 13.2 Å². The third-order valence-electron chi connectivity index (χ3n) is 2.66. The minimum atomic E-state index is -0.705. The Hall–Kier alpha value is -2.35. The number of nitrogens with one attached hydrogen (secondary N) is 1. The van der Waals surface area contributed by atoms with Crippen LogP contribution in [-0.4, -0.2) is 25.0 Å². The smallest absolute Gasteiger partial charge is 0.328 e. The number of esters is 1. The molecule has 19 heavy (non-hydrogen) atoms. The zero-order chi connectivity index (χ0) is 14.4. The van der Waals surface area contributed by atoms with Crippen LogP contribution in [0.1, 0.15) is 29.8 Å². The largest absolute Gasteiger partial charge is 0.467 e. The first kappa shape index (κ1) is 14.7. The van der Waals surface area contributed by atoms with Crippen molar-refractivity contribution in [1.29, 1.82) is 5.26 Å². The Morgan fingerprint density at radius 3 is 2.58 bits per heavy atom. The van der Waals surface area contributed by atoms with Crippen molar-refractivity contribution in [1.82, 2.24) is 5.32 Å². The van der Waals surface area contributed by atoms with Crippen LogP contribution in [-0.2, 0) is 9.53 Å². The topological polar surface area (TPSA) is 79.2 Å². The molecule has 0 bridgehead atoms. The number of hydrogen-bond acceptors (Lipinski definition) is 4. The van der Waals surface area contributed by atoms with Gasteiger partial charge in [-0.15, -0.1) is 0 Å². The second-order valence-corrected chi connectivity index (χ2v) is 4.41. The summed E-state index contributed by atoms with van der Waals surface area (Å²) in [6.45, 7) is 3.63. The monoisotopic (exact) mass is 260 g/mol. The van der Waals surface area contributed by atoms with E-state index in [-0.39, 0.29) is 5.92 Å². The highest BCUT2D eigenvalue weighted by molar-refractivity contribution is 5.97. The lowest BCUT2D eigenvalue weighted by Crippen LogP contribution is -2.45. The van der Waals surface area contributed by atoms with Crippen molar-refractivity contribution >= 4 is 11.9 Å². The fraction of sp³-hybridized carbons (Fsp3) is 0.357. The Kier molecular flexibility index (Phi) is 5.07. The quantitative estimate of drug-likeness (QED) is 0.832. The van der Waals surface area contributed by atoms with Gasteiger partial charge in [0.2, 0.25) is 0 Å². The third-order valence-corrected chi connectivity index (χ3v) is 2.66.